The first-order chi connectivity index (χ1) is 14.1. The van der Waals surface area contributed by atoms with E-state index in [0.717, 1.165) is 5.56 Å². The van der Waals surface area contributed by atoms with Crippen LogP contribution in [-0.4, -0.2) is 18.3 Å². The first-order valence-electron chi connectivity index (χ1n) is 9.23. The molecule has 3 aromatic carbocycles. The molecule has 0 atom stereocenters. The van der Waals surface area contributed by atoms with Crippen LogP contribution >= 0.6 is 0 Å². The minimum absolute atomic E-state index is 0.0987. The molecular weight excluding hydrogens is 366 g/mol. The molecule has 0 aliphatic heterocycles. The molecule has 1 aromatic heterocycles. The van der Waals surface area contributed by atoms with Gasteiger partial charge in [0.05, 0.1) is 5.69 Å². The molecule has 144 valence electrons. The van der Waals surface area contributed by atoms with E-state index in [1.165, 1.54) is 0 Å². The number of furan rings is 1. The molecule has 4 aromatic rings. The van der Waals surface area contributed by atoms with Gasteiger partial charge in [-0.05, 0) is 30.7 Å². The molecule has 5 nitrogen and oxygen atoms in total. The van der Waals surface area contributed by atoms with E-state index in [4.69, 9.17) is 9.15 Å². The molecule has 0 aliphatic carbocycles. The molecule has 0 bridgehead atoms. The number of ether oxygens (including phenoxy) is 1. The molecule has 4 rings (SSSR count). The van der Waals surface area contributed by atoms with Gasteiger partial charge in [0.25, 0.3) is 5.91 Å². The molecule has 0 radical (unpaired) electrons. The number of benzene rings is 3. The normalized spacial score (nSPS) is 10.7. The fourth-order valence-corrected chi connectivity index (χ4v) is 3.09. The van der Waals surface area contributed by atoms with Crippen molar-refractivity contribution in [2.24, 2.45) is 0 Å². The van der Waals surface area contributed by atoms with Crippen LogP contribution in [0.1, 0.15) is 21.7 Å². The highest BCUT2D eigenvalue weighted by Gasteiger charge is 2.23. The van der Waals surface area contributed by atoms with Crippen LogP contribution in [0.15, 0.2) is 83.3 Å². The van der Waals surface area contributed by atoms with Gasteiger partial charge in [-0.15, -0.1) is 0 Å². The Balaban J connectivity index is 1.61. The maximum atomic E-state index is 13.0. The average molecular weight is 385 g/mol. The Morgan fingerprint density at radius 2 is 1.59 bits per heavy atom. The Morgan fingerprint density at radius 1 is 0.897 bits per heavy atom. The van der Waals surface area contributed by atoms with Crippen molar-refractivity contribution < 1.29 is 18.7 Å². The molecule has 0 saturated heterocycles. The average Bonchev–Trinajstić information content (AvgIpc) is 3.11. The Kier molecular flexibility index (Phi) is 5.12. The summed E-state index contributed by atoms with van der Waals surface area (Å²) in [6, 6.07) is 23.5. The molecule has 0 spiro atoms. The minimum Gasteiger partial charge on any atom is -0.483 e. The summed E-state index contributed by atoms with van der Waals surface area (Å²) in [5.74, 6) is 0.0702. The Hall–Kier alpha value is -3.86. The van der Waals surface area contributed by atoms with Crippen LogP contribution in [0.4, 0.5) is 5.69 Å². The van der Waals surface area contributed by atoms with Crippen LogP contribution in [0.2, 0.25) is 0 Å². The van der Waals surface area contributed by atoms with Crippen molar-refractivity contribution in [1.82, 2.24) is 0 Å². The maximum Gasteiger partial charge on any atom is 0.262 e. The third kappa shape index (κ3) is 3.89. The van der Waals surface area contributed by atoms with E-state index in [1.54, 1.807) is 42.5 Å². The maximum absolute atomic E-state index is 13.0. The van der Waals surface area contributed by atoms with Crippen molar-refractivity contribution in [3.05, 3.63) is 95.7 Å². The lowest BCUT2D eigenvalue weighted by Crippen LogP contribution is -2.21. The fourth-order valence-electron chi connectivity index (χ4n) is 3.09. The van der Waals surface area contributed by atoms with Crippen LogP contribution < -0.4 is 10.1 Å². The summed E-state index contributed by atoms with van der Waals surface area (Å²) in [4.78, 5) is 25.5. The topological polar surface area (TPSA) is 68.5 Å². The summed E-state index contributed by atoms with van der Waals surface area (Å²) in [5, 5.41) is 3.46. The Morgan fingerprint density at radius 3 is 2.38 bits per heavy atom. The quantitative estimate of drug-likeness (QED) is 0.475. The third-order valence-corrected chi connectivity index (χ3v) is 4.55. The van der Waals surface area contributed by atoms with Gasteiger partial charge in [-0.25, -0.2) is 0 Å². The molecule has 1 heterocycles. The Labute approximate surface area is 167 Å². The molecule has 5 heteroatoms. The molecule has 1 N–H and O–H groups in total. The molecule has 29 heavy (non-hydrogen) atoms. The number of nitrogens with one attached hydrogen (secondary N) is 1. The molecule has 0 fully saturated rings. The predicted molar refractivity (Wildman–Crippen MR) is 111 cm³/mol. The second-order valence-corrected chi connectivity index (χ2v) is 6.60. The van der Waals surface area contributed by atoms with Crippen LogP contribution in [0.25, 0.3) is 11.0 Å². The van der Waals surface area contributed by atoms with Crippen molar-refractivity contribution in [3.8, 4) is 5.75 Å². The van der Waals surface area contributed by atoms with Gasteiger partial charge in [0.1, 0.15) is 11.3 Å². The summed E-state index contributed by atoms with van der Waals surface area (Å²) in [5.41, 5.74) is 2.31. The molecule has 0 aliphatic rings. The van der Waals surface area contributed by atoms with Crippen molar-refractivity contribution >= 4 is 28.3 Å². The van der Waals surface area contributed by atoms with Gasteiger partial charge < -0.3 is 14.5 Å². The number of aryl methyl sites for hydroxylation is 1. The second-order valence-electron chi connectivity index (χ2n) is 6.60. The second kappa shape index (κ2) is 8.02. The summed E-state index contributed by atoms with van der Waals surface area (Å²) in [6.45, 7) is 1.73. The monoisotopic (exact) mass is 385 g/mol. The van der Waals surface area contributed by atoms with Gasteiger partial charge >= 0.3 is 0 Å². The molecule has 0 saturated carbocycles. The van der Waals surface area contributed by atoms with Crippen molar-refractivity contribution in [1.29, 1.82) is 0 Å². The largest absolute Gasteiger partial charge is 0.483 e. The standard InChI is InChI=1S/C24H19NO4/c1-16-9-5-7-13-19(16)28-15-21(26)25-22-18-12-6-8-14-20(18)29-24(22)23(27)17-10-3-2-4-11-17/h2-14H,15H2,1H3,(H,25,26). The summed E-state index contributed by atoms with van der Waals surface area (Å²) in [7, 11) is 0. The number of hydrogen-bond acceptors (Lipinski definition) is 4. The molecule has 1 amide bonds. The van der Waals surface area contributed by atoms with E-state index >= 15 is 0 Å². The first-order valence-corrected chi connectivity index (χ1v) is 9.23. The van der Waals surface area contributed by atoms with E-state index in [2.05, 4.69) is 5.32 Å². The lowest BCUT2D eigenvalue weighted by Gasteiger charge is -2.09. The lowest BCUT2D eigenvalue weighted by molar-refractivity contribution is -0.118. The highest BCUT2D eigenvalue weighted by Crippen LogP contribution is 2.32. The number of ketones is 1. The van der Waals surface area contributed by atoms with Crippen LogP contribution in [0.5, 0.6) is 5.75 Å². The fraction of sp³-hybridized carbons (Fsp3) is 0.0833. The van der Waals surface area contributed by atoms with Gasteiger partial charge in [-0.2, -0.15) is 0 Å². The molecular formula is C24H19NO4. The van der Waals surface area contributed by atoms with Gasteiger partial charge in [-0.1, -0.05) is 60.7 Å². The third-order valence-electron chi connectivity index (χ3n) is 4.55. The predicted octanol–water partition coefficient (Wildman–Crippen LogP) is 4.99. The van der Waals surface area contributed by atoms with Crippen LogP contribution in [0.3, 0.4) is 0 Å². The number of rotatable bonds is 6. The van der Waals surface area contributed by atoms with Gasteiger partial charge in [-0.3, -0.25) is 9.59 Å². The van der Waals surface area contributed by atoms with Gasteiger partial charge in [0, 0.05) is 10.9 Å². The number of para-hydroxylation sites is 2. The van der Waals surface area contributed by atoms with E-state index in [-0.39, 0.29) is 24.1 Å². The Bertz CT molecular complexity index is 1180. The van der Waals surface area contributed by atoms with E-state index in [1.807, 2.05) is 43.3 Å². The van der Waals surface area contributed by atoms with Crippen molar-refractivity contribution in [3.63, 3.8) is 0 Å². The zero-order chi connectivity index (χ0) is 20.2. The van der Waals surface area contributed by atoms with Crippen LogP contribution in [0, 0.1) is 6.92 Å². The smallest absolute Gasteiger partial charge is 0.262 e. The number of carbonyl (C=O) groups is 2. The summed E-state index contributed by atoms with van der Waals surface area (Å²) >= 11 is 0. The van der Waals surface area contributed by atoms with Gasteiger partial charge in [0.2, 0.25) is 5.78 Å². The number of amides is 1. The number of anilines is 1. The zero-order valence-corrected chi connectivity index (χ0v) is 15.8. The highest BCUT2D eigenvalue weighted by molar-refractivity contribution is 6.17. The van der Waals surface area contributed by atoms with Crippen LogP contribution in [-0.2, 0) is 4.79 Å². The summed E-state index contributed by atoms with van der Waals surface area (Å²) < 4.78 is 11.4. The lowest BCUT2D eigenvalue weighted by atomic mass is 10.1. The number of hydrogen-bond donors (Lipinski definition) is 1. The van der Waals surface area contributed by atoms with Crippen molar-refractivity contribution in [2.45, 2.75) is 6.92 Å². The summed E-state index contributed by atoms with van der Waals surface area (Å²) in [6.07, 6.45) is 0. The van der Waals surface area contributed by atoms with E-state index < -0.39 is 0 Å². The zero-order valence-electron chi connectivity index (χ0n) is 15.8. The van der Waals surface area contributed by atoms with Crippen molar-refractivity contribution in [2.75, 3.05) is 11.9 Å². The number of fused-ring (bicyclic) bond motifs is 1. The molecule has 0 unspecified atom stereocenters. The first kappa shape index (κ1) is 18.5. The number of carbonyl (C=O) groups excluding carboxylic acids is 2. The highest BCUT2D eigenvalue weighted by atomic mass is 16.5. The van der Waals surface area contributed by atoms with Gasteiger partial charge in [0.15, 0.2) is 12.4 Å². The van der Waals surface area contributed by atoms with E-state index in [0.29, 0.717) is 28.0 Å². The van der Waals surface area contributed by atoms with E-state index in [9.17, 15) is 9.59 Å². The minimum atomic E-state index is -0.373. The SMILES string of the molecule is Cc1ccccc1OCC(=O)Nc1c(C(=O)c2ccccc2)oc2ccccc12.